The molecule has 1 aliphatic rings. The second kappa shape index (κ2) is 8.78. The van der Waals surface area contributed by atoms with E-state index in [1.165, 1.54) is 12.4 Å². The molecule has 164 valence electrons. The molecule has 0 atom stereocenters. The van der Waals surface area contributed by atoms with Gasteiger partial charge >= 0.3 is 6.18 Å². The number of thiophene rings is 1. The summed E-state index contributed by atoms with van der Waals surface area (Å²) in [6, 6.07) is 1.06. The minimum Gasteiger partial charge on any atom is -0.378 e. The largest absolute Gasteiger partial charge is 0.417 e. The zero-order chi connectivity index (χ0) is 22.8. The van der Waals surface area contributed by atoms with Gasteiger partial charge in [0.25, 0.3) is 5.91 Å². The van der Waals surface area contributed by atoms with Crippen molar-refractivity contribution in [3.63, 3.8) is 0 Å². The zero-order valence-electron chi connectivity index (χ0n) is 17.4. The number of carbonyl (C=O) groups is 1. The van der Waals surface area contributed by atoms with Crippen LogP contribution in [0.3, 0.4) is 0 Å². The highest BCUT2D eigenvalue weighted by Gasteiger charge is 2.36. The normalized spacial score (nSPS) is 15.1. The van der Waals surface area contributed by atoms with E-state index < -0.39 is 23.2 Å². The third-order valence-corrected chi connectivity index (χ3v) is 5.81. The lowest BCUT2D eigenvalue weighted by Crippen LogP contribution is -2.34. The van der Waals surface area contributed by atoms with E-state index in [1.807, 2.05) is 0 Å². The highest BCUT2D eigenvalue weighted by atomic mass is 32.1. The molecule has 2 aromatic rings. The van der Waals surface area contributed by atoms with Crippen molar-refractivity contribution in [3.05, 3.63) is 22.6 Å². The first-order valence-electron chi connectivity index (χ1n) is 9.71. The molecule has 0 bridgehead atoms. The van der Waals surface area contributed by atoms with Gasteiger partial charge in [0.15, 0.2) is 0 Å². The van der Waals surface area contributed by atoms with E-state index in [0.717, 1.165) is 17.4 Å². The van der Waals surface area contributed by atoms with Crippen molar-refractivity contribution in [2.75, 3.05) is 25.0 Å². The Balaban J connectivity index is 1.86. The van der Waals surface area contributed by atoms with E-state index in [9.17, 15) is 23.1 Å². The second-order valence-electron chi connectivity index (χ2n) is 7.77. The van der Waals surface area contributed by atoms with Crippen molar-refractivity contribution in [2.45, 2.75) is 38.5 Å². The first-order valence-corrected chi connectivity index (χ1v) is 10.6. The Morgan fingerprint density at radius 2 is 1.97 bits per heavy atom. The van der Waals surface area contributed by atoms with Crippen LogP contribution in [0.15, 0.2) is 11.4 Å². The van der Waals surface area contributed by atoms with E-state index in [0.29, 0.717) is 25.9 Å². The molecule has 0 spiro atoms. The van der Waals surface area contributed by atoms with Gasteiger partial charge in [0.1, 0.15) is 11.4 Å². The van der Waals surface area contributed by atoms with E-state index in [1.54, 1.807) is 18.7 Å². The molecule has 3 rings (SSSR count). The minimum absolute atomic E-state index is 0.0408. The molecular formula is C22H22F3N3O2S. The highest BCUT2D eigenvalue weighted by Crippen LogP contribution is 2.40. The van der Waals surface area contributed by atoms with Crippen molar-refractivity contribution in [1.29, 1.82) is 0 Å². The van der Waals surface area contributed by atoms with E-state index in [-0.39, 0.29) is 27.5 Å². The molecule has 0 radical (unpaired) electrons. The molecule has 2 aromatic heterocycles. The Hall–Kier alpha value is -2.75. The average molecular weight is 449 g/mol. The van der Waals surface area contributed by atoms with Crippen molar-refractivity contribution >= 4 is 33.3 Å². The van der Waals surface area contributed by atoms with Gasteiger partial charge in [-0.3, -0.25) is 4.79 Å². The van der Waals surface area contributed by atoms with Crippen molar-refractivity contribution in [1.82, 2.24) is 10.3 Å². The monoisotopic (exact) mass is 449 g/mol. The molecule has 1 saturated heterocycles. The predicted octanol–water partition coefficient (Wildman–Crippen LogP) is 3.67. The second-order valence-corrected chi connectivity index (χ2v) is 8.65. The number of hydrogen-bond acceptors (Lipinski definition) is 5. The lowest BCUT2D eigenvalue weighted by molar-refractivity contribution is -0.136. The quantitative estimate of drug-likeness (QED) is 0.687. The Labute approximate surface area is 182 Å². The fourth-order valence-corrected chi connectivity index (χ4v) is 4.26. The lowest BCUT2D eigenvalue weighted by atomic mass is 9.97. The van der Waals surface area contributed by atoms with Crippen molar-refractivity contribution in [3.8, 4) is 23.7 Å². The molecule has 1 amide bonds. The molecule has 31 heavy (non-hydrogen) atoms. The van der Waals surface area contributed by atoms with Gasteiger partial charge in [0.2, 0.25) is 0 Å². The fraction of sp³-hybridized carbons (Fsp3) is 0.455. The third kappa shape index (κ3) is 5.49. The maximum atomic E-state index is 13.7. The van der Waals surface area contributed by atoms with Crippen LogP contribution in [0.25, 0.3) is 10.2 Å². The summed E-state index contributed by atoms with van der Waals surface area (Å²) in [7, 11) is 1.43. The number of nitrogens with zero attached hydrogens (tertiary/aromatic N) is 2. The molecular weight excluding hydrogens is 427 g/mol. The molecule has 2 N–H and O–H groups in total. The summed E-state index contributed by atoms with van der Waals surface area (Å²) in [6.45, 7) is 4.13. The Morgan fingerprint density at radius 3 is 2.55 bits per heavy atom. The summed E-state index contributed by atoms with van der Waals surface area (Å²) in [4.78, 5) is 18.3. The summed E-state index contributed by atoms with van der Waals surface area (Å²) in [5.74, 6) is 10.9. The summed E-state index contributed by atoms with van der Waals surface area (Å²) < 4.78 is 41.0. The van der Waals surface area contributed by atoms with Crippen LogP contribution in [0.4, 0.5) is 19.0 Å². The van der Waals surface area contributed by atoms with E-state index >= 15 is 0 Å². The minimum atomic E-state index is -4.55. The number of piperidine rings is 1. The topological polar surface area (TPSA) is 65.5 Å². The summed E-state index contributed by atoms with van der Waals surface area (Å²) in [6.07, 6.45) is -3.24. The number of amides is 1. The maximum Gasteiger partial charge on any atom is 0.417 e. The number of fused-ring (bicyclic) bond motifs is 1. The SMILES string of the molecule is CNC(=O)c1csc2c(C(F)(F)F)cc(N3CCC(C#CC#CC(C)(C)O)CC3)nc12. The number of aliphatic hydroxyl groups is 1. The van der Waals surface area contributed by atoms with Crippen LogP contribution in [-0.4, -0.2) is 41.7 Å². The van der Waals surface area contributed by atoms with Crippen LogP contribution in [-0.2, 0) is 6.18 Å². The molecule has 0 saturated carbocycles. The smallest absolute Gasteiger partial charge is 0.378 e. The molecule has 3 heterocycles. The van der Waals surface area contributed by atoms with Gasteiger partial charge < -0.3 is 15.3 Å². The van der Waals surface area contributed by atoms with Gasteiger partial charge in [-0.05, 0) is 44.6 Å². The highest BCUT2D eigenvalue weighted by molar-refractivity contribution is 7.17. The van der Waals surface area contributed by atoms with Crippen molar-refractivity contribution < 1.29 is 23.1 Å². The number of anilines is 1. The number of nitrogens with one attached hydrogen (secondary N) is 1. The Kier molecular flexibility index (Phi) is 6.49. The summed E-state index contributed by atoms with van der Waals surface area (Å²) in [5, 5.41) is 13.4. The molecule has 9 heteroatoms. The van der Waals surface area contributed by atoms with Gasteiger partial charge in [-0.1, -0.05) is 11.8 Å². The van der Waals surface area contributed by atoms with Crippen molar-refractivity contribution in [2.24, 2.45) is 5.92 Å². The van der Waals surface area contributed by atoms with Gasteiger partial charge in [0.05, 0.1) is 21.3 Å². The maximum absolute atomic E-state index is 13.7. The lowest BCUT2D eigenvalue weighted by Gasteiger charge is -2.31. The molecule has 0 unspecified atom stereocenters. The molecule has 0 aromatic carbocycles. The Morgan fingerprint density at radius 1 is 1.29 bits per heavy atom. The predicted molar refractivity (Wildman–Crippen MR) is 115 cm³/mol. The number of hydrogen-bond donors (Lipinski definition) is 2. The molecule has 1 aliphatic heterocycles. The van der Waals surface area contributed by atoms with Crippen LogP contribution < -0.4 is 10.2 Å². The van der Waals surface area contributed by atoms with Crippen LogP contribution in [0.5, 0.6) is 0 Å². The standard InChI is InChI=1S/C22H22F3N3O2S/c1-21(2,30)9-5-4-6-14-7-10-28(11-8-14)17-12-16(22(23,24)25)19-18(27-17)15(13-31-19)20(29)26-3/h12-14,30H,7-8,10-11H2,1-3H3,(H,26,29). The number of carbonyl (C=O) groups excluding carboxylic acids is 1. The Bertz CT molecular complexity index is 1100. The van der Waals surface area contributed by atoms with Crippen LogP contribution in [0, 0.1) is 29.6 Å². The van der Waals surface area contributed by atoms with Crippen LogP contribution >= 0.6 is 11.3 Å². The van der Waals surface area contributed by atoms with Gasteiger partial charge in [0, 0.05) is 31.4 Å². The van der Waals surface area contributed by atoms with Gasteiger partial charge in [-0.25, -0.2) is 4.98 Å². The summed E-state index contributed by atoms with van der Waals surface area (Å²) in [5.41, 5.74) is -1.68. The van der Waals surface area contributed by atoms with Crippen LogP contribution in [0.1, 0.15) is 42.6 Å². The van der Waals surface area contributed by atoms with E-state index in [2.05, 4.69) is 34.0 Å². The molecule has 0 aliphatic carbocycles. The van der Waals surface area contributed by atoms with Gasteiger partial charge in [-0.2, -0.15) is 13.2 Å². The third-order valence-electron chi connectivity index (χ3n) is 4.81. The molecule has 5 nitrogen and oxygen atoms in total. The number of rotatable bonds is 2. The van der Waals surface area contributed by atoms with E-state index in [4.69, 9.17) is 0 Å². The number of alkyl halides is 3. The number of aromatic nitrogens is 1. The van der Waals surface area contributed by atoms with Gasteiger partial charge in [-0.15, -0.1) is 11.3 Å². The number of pyridine rings is 1. The van der Waals surface area contributed by atoms with Crippen LogP contribution in [0.2, 0.25) is 0 Å². The zero-order valence-corrected chi connectivity index (χ0v) is 18.2. The first-order chi connectivity index (χ1) is 14.5. The average Bonchev–Trinajstić information content (AvgIpc) is 3.13. The first kappa shape index (κ1) is 22.9. The number of halogens is 3. The fourth-order valence-electron chi connectivity index (χ4n) is 3.24. The molecule has 1 fully saturated rings. The summed E-state index contributed by atoms with van der Waals surface area (Å²) >= 11 is 0.869.